The van der Waals surface area contributed by atoms with Gasteiger partial charge in [0.2, 0.25) is 10.0 Å². The van der Waals surface area contributed by atoms with E-state index in [0.717, 1.165) is 12.0 Å². The fraction of sp³-hybridized carbons (Fsp3) is 0.538. The van der Waals surface area contributed by atoms with Gasteiger partial charge in [0.15, 0.2) is 0 Å². The van der Waals surface area contributed by atoms with Crippen molar-refractivity contribution >= 4 is 10.0 Å². The molecule has 0 spiro atoms. The summed E-state index contributed by atoms with van der Waals surface area (Å²) < 4.78 is 31.8. The van der Waals surface area contributed by atoms with Crippen molar-refractivity contribution in [3.05, 3.63) is 23.8 Å². The first-order chi connectivity index (χ1) is 9.01. The molecule has 0 saturated carbocycles. The number of sulfonamides is 1. The minimum absolute atomic E-state index is 0.0364. The van der Waals surface area contributed by atoms with E-state index in [1.165, 1.54) is 6.07 Å². The molecule has 0 aromatic heterocycles. The van der Waals surface area contributed by atoms with Crippen molar-refractivity contribution in [2.75, 3.05) is 19.8 Å². The Kier molecular flexibility index (Phi) is 6.27. The van der Waals surface area contributed by atoms with E-state index in [1.807, 2.05) is 13.8 Å². The summed E-state index contributed by atoms with van der Waals surface area (Å²) in [7, 11) is -3.51. The SMILES string of the molecule is CCCOc1ccc(S(=O)(=O)NCCCO)cc1C. The molecule has 1 aromatic rings. The first kappa shape index (κ1) is 15.9. The number of aryl methyl sites for hydroxylation is 1. The zero-order valence-electron chi connectivity index (χ0n) is 11.3. The Labute approximate surface area is 114 Å². The minimum Gasteiger partial charge on any atom is -0.493 e. The molecule has 0 aliphatic heterocycles. The number of hydrogen-bond acceptors (Lipinski definition) is 4. The molecule has 0 heterocycles. The summed E-state index contributed by atoms with van der Waals surface area (Å²) >= 11 is 0. The summed E-state index contributed by atoms with van der Waals surface area (Å²) in [5, 5.41) is 8.65. The number of hydrogen-bond donors (Lipinski definition) is 2. The Morgan fingerprint density at radius 3 is 2.68 bits per heavy atom. The van der Waals surface area contributed by atoms with Gasteiger partial charge in [0.1, 0.15) is 5.75 Å². The number of ether oxygens (including phenoxy) is 1. The van der Waals surface area contributed by atoms with Crippen LogP contribution in [0.5, 0.6) is 5.75 Å². The quantitative estimate of drug-likeness (QED) is 0.710. The Bertz CT molecular complexity index is 499. The third-order valence-electron chi connectivity index (χ3n) is 2.55. The molecule has 0 fully saturated rings. The summed E-state index contributed by atoms with van der Waals surface area (Å²) in [4.78, 5) is 0.215. The third-order valence-corrected chi connectivity index (χ3v) is 4.00. The molecular formula is C13H21NO4S. The molecule has 0 aliphatic rings. The highest BCUT2D eigenvalue weighted by atomic mass is 32.2. The number of aliphatic hydroxyl groups is 1. The van der Waals surface area contributed by atoms with Crippen molar-refractivity contribution in [3.63, 3.8) is 0 Å². The van der Waals surface area contributed by atoms with E-state index in [4.69, 9.17) is 9.84 Å². The van der Waals surface area contributed by atoms with Crippen molar-refractivity contribution in [3.8, 4) is 5.75 Å². The Hall–Kier alpha value is -1.11. The van der Waals surface area contributed by atoms with Gasteiger partial charge in [-0.1, -0.05) is 6.92 Å². The summed E-state index contributed by atoms with van der Waals surface area (Å²) in [6.45, 7) is 4.63. The lowest BCUT2D eigenvalue weighted by molar-refractivity contribution is 0.289. The van der Waals surface area contributed by atoms with Crippen molar-refractivity contribution in [2.24, 2.45) is 0 Å². The first-order valence-corrected chi connectivity index (χ1v) is 7.83. The van der Waals surface area contributed by atoms with Crippen LogP contribution in [0.2, 0.25) is 0 Å². The average Bonchev–Trinajstić information content (AvgIpc) is 2.37. The van der Waals surface area contributed by atoms with Gasteiger partial charge in [0.05, 0.1) is 11.5 Å². The molecule has 0 unspecified atom stereocenters. The maximum absolute atomic E-state index is 12.0. The highest BCUT2D eigenvalue weighted by molar-refractivity contribution is 7.89. The molecule has 0 atom stereocenters. The van der Waals surface area contributed by atoms with Crippen molar-refractivity contribution in [2.45, 2.75) is 31.6 Å². The second-order valence-electron chi connectivity index (χ2n) is 4.25. The topological polar surface area (TPSA) is 75.6 Å². The van der Waals surface area contributed by atoms with Crippen molar-refractivity contribution < 1.29 is 18.3 Å². The molecule has 5 nitrogen and oxygen atoms in total. The Balaban J connectivity index is 2.81. The van der Waals surface area contributed by atoms with Gasteiger partial charge in [0.25, 0.3) is 0 Å². The number of rotatable bonds is 8. The highest BCUT2D eigenvalue weighted by Crippen LogP contribution is 2.21. The Morgan fingerprint density at radius 2 is 2.11 bits per heavy atom. The Morgan fingerprint density at radius 1 is 1.37 bits per heavy atom. The smallest absolute Gasteiger partial charge is 0.240 e. The van der Waals surface area contributed by atoms with Crippen LogP contribution < -0.4 is 9.46 Å². The van der Waals surface area contributed by atoms with E-state index in [2.05, 4.69) is 4.72 Å². The fourth-order valence-electron chi connectivity index (χ4n) is 1.53. The largest absolute Gasteiger partial charge is 0.493 e. The summed E-state index contributed by atoms with van der Waals surface area (Å²) in [6, 6.07) is 4.79. The monoisotopic (exact) mass is 287 g/mol. The lowest BCUT2D eigenvalue weighted by atomic mass is 10.2. The molecule has 108 valence electrons. The van der Waals surface area contributed by atoms with Gasteiger partial charge >= 0.3 is 0 Å². The molecule has 0 amide bonds. The summed E-state index contributed by atoms with van der Waals surface area (Å²) in [5.74, 6) is 0.705. The van der Waals surface area contributed by atoms with Crippen LogP contribution in [-0.4, -0.2) is 33.3 Å². The molecule has 0 saturated heterocycles. The van der Waals surface area contributed by atoms with Crippen molar-refractivity contribution in [1.82, 2.24) is 4.72 Å². The normalized spacial score (nSPS) is 11.5. The molecular weight excluding hydrogens is 266 g/mol. The van der Waals surface area contributed by atoms with Crippen LogP contribution in [0.25, 0.3) is 0 Å². The molecule has 2 N–H and O–H groups in total. The van der Waals surface area contributed by atoms with Gasteiger partial charge in [-0.05, 0) is 43.5 Å². The van der Waals surface area contributed by atoms with Gasteiger partial charge < -0.3 is 9.84 Å². The molecule has 1 aromatic carbocycles. The van der Waals surface area contributed by atoms with E-state index < -0.39 is 10.0 Å². The average molecular weight is 287 g/mol. The predicted molar refractivity (Wildman–Crippen MR) is 73.9 cm³/mol. The summed E-state index contributed by atoms with van der Waals surface area (Å²) in [6.07, 6.45) is 1.30. The molecule has 0 radical (unpaired) electrons. The first-order valence-electron chi connectivity index (χ1n) is 6.35. The lowest BCUT2D eigenvalue weighted by Crippen LogP contribution is -2.25. The van der Waals surface area contributed by atoms with E-state index in [-0.39, 0.29) is 18.0 Å². The number of benzene rings is 1. The predicted octanol–water partition coefficient (Wildman–Crippen LogP) is 1.44. The van der Waals surface area contributed by atoms with Crippen LogP contribution in [0.15, 0.2) is 23.1 Å². The molecule has 0 bridgehead atoms. The number of aliphatic hydroxyl groups excluding tert-OH is 1. The molecule has 1 rings (SSSR count). The third kappa shape index (κ3) is 4.81. The molecule has 19 heavy (non-hydrogen) atoms. The lowest BCUT2D eigenvalue weighted by Gasteiger charge is -2.11. The van der Waals surface area contributed by atoms with Crippen LogP contribution >= 0.6 is 0 Å². The van der Waals surface area contributed by atoms with E-state index in [1.54, 1.807) is 12.1 Å². The number of nitrogens with one attached hydrogen (secondary N) is 1. The highest BCUT2D eigenvalue weighted by Gasteiger charge is 2.14. The maximum Gasteiger partial charge on any atom is 0.240 e. The zero-order valence-corrected chi connectivity index (χ0v) is 12.2. The second kappa shape index (κ2) is 7.47. The van der Waals surface area contributed by atoms with E-state index in [9.17, 15) is 8.42 Å². The van der Waals surface area contributed by atoms with Gasteiger partial charge in [0, 0.05) is 13.2 Å². The van der Waals surface area contributed by atoms with Crippen molar-refractivity contribution in [1.29, 1.82) is 0 Å². The van der Waals surface area contributed by atoms with Crippen LogP contribution in [0.1, 0.15) is 25.3 Å². The van der Waals surface area contributed by atoms with Gasteiger partial charge in [-0.3, -0.25) is 0 Å². The van der Waals surface area contributed by atoms with Gasteiger partial charge in [-0.2, -0.15) is 0 Å². The molecule has 0 aliphatic carbocycles. The van der Waals surface area contributed by atoms with E-state index >= 15 is 0 Å². The van der Waals surface area contributed by atoms with Gasteiger partial charge in [-0.25, -0.2) is 13.1 Å². The van der Waals surface area contributed by atoms with Crippen LogP contribution in [0.3, 0.4) is 0 Å². The maximum atomic E-state index is 12.0. The van der Waals surface area contributed by atoms with Gasteiger partial charge in [-0.15, -0.1) is 0 Å². The zero-order chi connectivity index (χ0) is 14.3. The summed E-state index contributed by atoms with van der Waals surface area (Å²) in [5.41, 5.74) is 0.790. The standard InChI is InChI=1S/C13H21NO4S/c1-3-9-18-13-6-5-12(10-11(13)2)19(16,17)14-7-4-8-15/h5-6,10,14-15H,3-4,7-9H2,1-2H3. The van der Waals surface area contributed by atoms with Crippen LogP contribution in [0, 0.1) is 6.92 Å². The second-order valence-corrected chi connectivity index (χ2v) is 6.02. The van der Waals surface area contributed by atoms with E-state index in [0.29, 0.717) is 18.8 Å². The fourth-order valence-corrected chi connectivity index (χ4v) is 2.69. The van der Waals surface area contributed by atoms with Crippen LogP contribution in [-0.2, 0) is 10.0 Å². The van der Waals surface area contributed by atoms with Crippen LogP contribution in [0.4, 0.5) is 0 Å². The minimum atomic E-state index is -3.51. The molecule has 6 heteroatoms.